The first-order valence-electron chi connectivity index (χ1n) is 6.03. The summed E-state index contributed by atoms with van der Waals surface area (Å²) in [7, 11) is 1.73. The molecule has 0 aromatic rings. The van der Waals surface area contributed by atoms with Gasteiger partial charge in [0.1, 0.15) is 0 Å². The van der Waals surface area contributed by atoms with E-state index in [1.165, 1.54) is 4.90 Å². The first-order chi connectivity index (χ1) is 8.59. The van der Waals surface area contributed by atoms with Crippen LogP contribution in [0.15, 0.2) is 0 Å². The van der Waals surface area contributed by atoms with Crippen LogP contribution >= 0.6 is 0 Å². The Bertz CT molecular complexity index is 329. The maximum Gasteiger partial charge on any atom is 0.334 e. The van der Waals surface area contributed by atoms with Gasteiger partial charge in [0, 0.05) is 20.2 Å². The lowest BCUT2D eigenvalue weighted by Gasteiger charge is -2.35. The van der Waals surface area contributed by atoms with E-state index in [1.807, 2.05) is 0 Å². The van der Waals surface area contributed by atoms with Gasteiger partial charge in [-0.15, -0.1) is 0 Å². The van der Waals surface area contributed by atoms with Crippen LogP contribution in [0.4, 0.5) is 4.79 Å². The molecule has 2 unspecified atom stereocenters. The van der Waals surface area contributed by atoms with Crippen LogP contribution in [-0.2, 0) is 14.3 Å². The van der Waals surface area contributed by atoms with Gasteiger partial charge in [-0.1, -0.05) is 0 Å². The lowest BCUT2D eigenvalue weighted by molar-refractivity contribution is -0.154. The molecule has 2 aliphatic rings. The maximum atomic E-state index is 12.2. The van der Waals surface area contributed by atoms with E-state index in [1.54, 1.807) is 11.9 Å². The second-order valence-corrected chi connectivity index (χ2v) is 4.55. The topological polar surface area (TPSA) is 79.3 Å². The van der Waals surface area contributed by atoms with Crippen molar-refractivity contribution >= 4 is 12.0 Å². The summed E-state index contributed by atoms with van der Waals surface area (Å²) in [6.07, 6.45) is -0.0921. The third kappa shape index (κ3) is 2.73. The molecule has 0 aromatic carbocycles. The normalized spacial score (nSPS) is 28.2. The van der Waals surface area contributed by atoms with E-state index in [9.17, 15) is 9.59 Å². The first-order valence-corrected chi connectivity index (χ1v) is 6.03. The Labute approximate surface area is 105 Å². The molecular formula is C11H18N2O5. The van der Waals surface area contributed by atoms with Crippen molar-refractivity contribution < 1.29 is 24.2 Å². The average molecular weight is 258 g/mol. The van der Waals surface area contributed by atoms with Gasteiger partial charge in [-0.05, 0) is 6.42 Å². The number of urea groups is 1. The van der Waals surface area contributed by atoms with Gasteiger partial charge in [-0.3, -0.25) is 0 Å². The molecule has 7 heteroatoms. The van der Waals surface area contributed by atoms with Crippen LogP contribution in [0.1, 0.15) is 6.42 Å². The van der Waals surface area contributed by atoms with E-state index in [0.29, 0.717) is 19.8 Å². The van der Waals surface area contributed by atoms with Gasteiger partial charge in [0.2, 0.25) is 0 Å². The summed E-state index contributed by atoms with van der Waals surface area (Å²) in [4.78, 5) is 26.2. The molecule has 2 saturated heterocycles. The van der Waals surface area contributed by atoms with Gasteiger partial charge in [-0.25, -0.2) is 9.59 Å². The number of rotatable bonds is 2. The molecule has 0 aliphatic carbocycles. The van der Waals surface area contributed by atoms with Crippen molar-refractivity contribution in [2.24, 2.45) is 0 Å². The van der Waals surface area contributed by atoms with E-state index >= 15 is 0 Å². The Morgan fingerprint density at radius 3 is 2.78 bits per heavy atom. The van der Waals surface area contributed by atoms with E-state index in [-0.39, 0.29) is 25.2 Å². The molecule has 0 radical (unpaired) electrons. The highest BCUT2D eigenvalue weighted by Gasteiger charge is 2.33. The van der Waals surface area contributed by atoms with Gasteiger partial charge < -0.3 is 24.4 Å². The Kier molecular flexibility index (Phi) is 4.03. The Hall–Kier alpha value is -1.34. The lowest BCUT2D eigenvalue weighted by Crippen LogP contribution is -2.54. The highest BCUT2D eigenvalue weighted by Crippen LogP contribution is 2.14. The molecular weight excluding hydrogens is 240 g/mol. The Morgan fingerprint density at radius 2 is 2.17 bits per heavy atom. The number of aliphatic carboxylic acids is 1. The molecule has 2 rings (SSSR count). The molecule has 102 valence electrons. The van der Waals surface area contributed by atoms with Gasteiger partial charge >= 0.3 is 12.0 Å². The standard InChI is InChI=1S/C11H18N2O5/c1-12(8-2-4-17-7-8)11(16)13-3-5-18-9(6-13)10(14)15/h8-9H,2-7H2,1H3,(H,14,15). The van der Waals surface area contributed by atoms with Crippen molar-refractivity contribution in [3.63, 3.8) is 0 Å². The monoisotopic (exact) mass is 258 g/mol. The third-order valence-electron chi connectivity index (χ3n) is 3.37. The van der Waals surface area contributed by atoms with Crippen LogP contribution < -0.4 is 0 Å². The van der Waals surface area contributed by atoms with Crippen molar-refractivity contribution in [2.45, 2.75) is 18.6 Å². The van der Waals surface area contributed by atoms with Crippen LogP contribution in [-0.4, -0.2) is 79.0 Å². The summed E-state index contributed by atoms with van der Waals surface area (Å²) in [6, 6.07) is -0.0660. The van der Waals surface area contributed by atoms with Crippen molar-refractivity contribution in [1.29, 1.82) is 0 Å². The number of morpholine rings is 1. The van der Waals surface area contributed by atoms with Crippen LogP contribution in [0.5, 0.6) is 0 Å². The number of amides is 2. The van der Waals surface area contributed by atoms with Gasteiger partial charge in [0.15, 0.2) is 6.10 Å². The summed E-state index contributed by atoms with van der Waals surface area (Å²) in [6.45, 7) is 2.02. The highest BCUT2D eigenvalue weighted by atomic mass is 16.5. The number of carboxylic acids is 1. The number of hydrogen-bond acceptors (Lipinski definition) is 4. The first kappa shape index (κ1) is 13.1. The molecule has 0 saturated carbocycles. The quantitative estimate of drug-likeness (QED) is 0.730. The minimum Gasteiger partial charge on any atom is -0.479 e. The van der Waals surface area contributed by atoms with Gasteiger partial charge in [0.05, 0.1) is 25.8 Å². The third-order valence-corrected chi connectivity index (χ3v) is 3.37. The number of nitrogens with zero attached hydrogens (tertiary/aromatic N) is 2. The average Bonchev–Trinajstić information content (AvgIpc) is 2.91. The number of hydrogen-bond donors (Lipinski definition) is 1. The summed E-state index contributed by atoms with van der Waals surface area (Å²) in [5.41, 5.74) is 0. The zero-order valence-corrected chi connectivity index (χ0v) is 10.4. The Balaban J connectivity index is 1.93. The molecule has 2 fully saturated rings. The zero-order chi connectivity index (χ0) is 13.1. The number of carbonyl (C=O) groups excluding carboxylic acids is 1. The predicted octanol–water partition coefficient (Wildman–Crippen LogP) is -0.387. The fourth-order valence-corrected chi connectivity index (χ4v) is 2.18. The SMILES string of the molecule is CN(C(=O)N1CCOC(C(=O)O)C1)C1CCOC1. The van der Waals surface area contributed by atoms with Crippen LogP contribution in [0, 0.1) is 0 Å². The van der Waals surface area contributed by atoms with Crippen molar-refractivity contribution in [3.8, 4) is 0 Å². The fourth-order valence-electron chi connectivity index (χ4n) is 2.18. The van der Waals surface area contributed by atoms with Crippen molar-refractivity contribution in [1.82, 2.24) is 9.80 Å². The highest BCUT2D eigenvalue weighted by molar-refractivity contribution is 5.77. The smallest absolute Gasteiger partial charge is 0.334 e. The molecule has 2 aliphatic heterocycles. The van der Waals surface area contributed by atoms with Crippen molar-refractivity contribution in [3.05, 3.63) is 0 Å². The van der Waals surface area contributed by atoms with Gasteiger partial charge in [-0.2, -0.15) is 0 Å². The minimum absolute atomic E-state index is 0.0867. The number of carboxylic acid groups (broad SMARTS) is 1. The predicted molar refractivity (Wildman–Crippen MR) is 61.3 cm³/mol. The summed E-state index contributed by atoms with van der Waals surface area (Å²) in [5.74, 6) is -1.03. The Morgan fingerprint density at radius 1 is 1.39 bits per heavy atom. The number of carbonyl (C=O) groups is 2. The summed E-state index contributed by atoms with van der Waals surface area (Å²) < 4.78 is 10.3. The summed E-state index contributed by atoms with van der Waals surface area (Å²) in [5, 5.41) is 8.89. The maximum absolute atomic E-state index is 12.2. The molecule has 2 heterocycles. The van der Waals surface area contributed by atoms with E-state index < -0.39 is 12.1 Å². The molecule has 2 atom stereocenters. The van der Waals surface area contributed by atoms with Crippen molar-refractivity contribution in [2.75, 3.05) is 40.0 Å². The fraction of sp³-hybridized carbons (Fsp3) is 0.818. The van der Waals surface area contributed by atoms with Crippen LogP contribution in [0.2, 0.25) is 0 Å². The van der Waals surface area contributed by atoms with E-state index in [4.69, 9.17) is 14.6 Å². The van der Waals surface area contributed by atoms with E-state index in [0.717, 1.165) is 6.42 Å². The molecule has 7 nitrogen and oxygen atoms in total. The lowest BCUT2D eigenvalue weighted by atomic mass is 10.2. The van der Waals surface area contributed by atoms with E-state index in [2.05, 4.69) is 0 Å². The van der Waals surface area contributed by atoms with Gasteiger partial charge in [0.25, 0.3) is 0 Å². The number of ether oxygens (including phenoxy) is 2. The molecule has 1 N–H and O–H groups in total. The van der Waals surface area contributed by atoms with Crippen LogP contribution in [0.25, 0.3) is 0 Å². The molecule has 2 amide bonds. The zero-order valence-electron chi connectivity index (χ0n) is 10.4. The molecule has 0 aromatic heterocycles. The number of likely N-dealkylation sites (N-methyl/N-ethyl adjacent to an activating group) is 1. The van der Waals surface area contributed by atoms with Crippen LogP contribution in [0.3, 0.4) is 0 Å². The largest absolute Gasteiger partial charge is 0.479 e. The minimum atomic E-state index is -1.03. The molecule has 0 bridgehead atoms. The second kappa shape index (κ2) is 5.53. The molecule has 0 spiro atoms. The second-order valence-electron chi connectivity index (χ2n) is 4.55. The summed E-state index contributed by atoms with van der Waals surface area (Å²) >= 11 is 0. The molecule has 18 heavy (non-hydrogen) atoms.